The van der Waals surface area contributed by atoms with E-state index in [1.807, 2.05) is 0 Å². The molecule has 1 heterocycles. The van der Waals surface area contributed by atoms with Gasteiger partial charge in [-0.1, -0.05) is 46.8 Å². The largest absolute Gasteiger partial charge is 0.249 e. The van der Waals surface area contributed by atoms with Gasteiger partial charge in [0.2, 0.25) is 0 Å². The molecular weight excluding hydrogens is 270 g/mol. The molecule has 124 valence electrons. The Morgan fingerprint density at radius 1 is 0.955 bits per heavy atom. The predicted octanol–water partition coefficient (Wildman–Crippen LogP) is 4.50. The summed E-state index contributed by atoms with van der Waals surface area (Å²) in [7, 11) is 0. The van der Waals surface area contributed by atoms with Crippen molar-refractivity contribution in [1.29, 1.82) is 0 Å². The zero-order valence-electron chi connectivity index (χ0n) is 15.3. The van der Waals surface area contributed by atoms with Crippen molar-refractivity contribution >= 4 is 0 Å². The van der Waals surface area contributed by atoms with Crippen LogP contribution in [0.25, 0.3) is 0 Å². The highest BCUT2D eigenvalue weighted by Crippen LogP contribution is 2.57. The summed E-state index contributed by atoms with van der Waals surface area (Å²) < 4.78 is 2.19. The molecular formula is C19H33N3. The minimum atomic E-state index is 0.265. The highest BCUT2D eigenvalue weighted by atomic mass is 15.4. The minimum Gasteiger partial charge on any atom is -0.249 e. The van der Waals surface area contributed by atoms with Gasteiger partial charge in [-0.25, -0.2) is 4.68 Å². The van der Waals surface area contributed by atoms with Gasteiger partial charge in [-0.3, -0.25) is 0 Å². The van der Waals surface area contributed by atoms with Gasteiger partial charge in [-0.2, -0.15) is 0 Å². The van der Waals surface area contributed by atoms with Crippen LogP contribution >= 0.6 is 0 Å². The first-order chi connectivity index (χ1) is 10.1. The van der Waals surface area contributed by atoms with E-state index in [1.165, 1.54) is 37.1 Å². The van der Waals surface area contributed by atoms with Crippen molar-refractivity contribution in [2.45, 2.75) is 80.2 Å². The third-order valence-corrected chi connectivity index (χ3v) is 5.33. The first-order valence-electron chi connectivity index (χ1n) is 9.05. The molecule has 0 radical (unpaired) electrons. The van der Waals surface area contributed by atoms with Crippen LogP contribution in [-0.4, -0.2) is 15.0 Å². The Kier molecular flexibility index (Phi) is 3.89. The van der Waals surface area contributed by atoms with E-state index in [1.54, 1.807) is 0 Å². The Hall–Kier alpha value is -0.860. The number of nitrogens with zero attached hydrogens (tertiary/aromatic N) is 3. The third kappa shape index (κ3) is 3.55. The van der Waals surface area contributed by atoms with Crippen LogP contribution in [0.3, 0.4) is 0 Å². The summed E-state index contributed by atoms with van der Waals surface area (Å²) in [6.45, 7) is 15.0. The molecule has 22 heavy (non-hydrogen) atoms. The molecule has 1 fully saturated rings. The van der Waals surface area contributed by atoms with Crippen molar-refractivity contribution in [1.82, 2.24) is 15.0 Å². The summed E-state index contributed by atoms with van der Waals surface area (Å²) >= 11 is 0. The van der Waals surface area contributed by atoms with Gasteiger partial charge in [0, 0.05) is 6.54 Å². The van der Waals surface area contributed by atoms with Gasteiger partial charge in [0.05, 0.1) is 11.4 Å². The van der Waals surface area contributed by atoms with Crippen molar-refractivity contribution < 1.29 is 0 Å². The number of aryl methyl sites for hydroxylation is 1. The first-order valence-corrected chi connectivity index (χ1v) is 9.05. The molecule has 0 spiro atoms. The third-order valence-electron chi connectivity index (χ3n) is 5.33. The SMILES string of the molecule is CC(C)(C)C[C@@H]1[C@@H]2CCc3nnn(CC(C)(C)C)c3CC[C@@H]21. The number of hydrogen-bond donors (Lipinski definition) is 0. The summed E-state index contributed by atoms with van der Waals surface area (Å²) in [5, 5.41) is 8.96. The topological polar surface area (TPSA) is 30.7 Å². The van der Waals surface area contributed by atoms with Gasteiger partial charge < -0.3 is 0 Å². The lowest BCUT2D eigenvalue weighted by molar-refractivity contribution is 0.313. The lowest BCUT2D eigenvalue weighted by Crippen LogP contribution is -2.19. The Morgan fingerprint density at radius 3 is 2.18 bits per heavy atom. The van der Waals surface area contributed by atoms with Crippen molar-refractivity contribution in [3.8, 4) is 0 Å². The molecule has 3 nitrogen and oxygen atoms in total. The number of aromatic nitrogens is 3. The molecule has 0 unspecified atom stereocenters. The fraction of sp³-hybridized carbons (Fsp3) is 0.895. The molecule has 0 amide bonds. The fourth-order valence-corrected chi connectivity index (χ4v) is 4.41. The Balaban J connectivity index is 1.69. The lowest BCUT2D eigenvalue weighted by Gasteiger charge is -2.20. The van der Waals surface area contributed by atoms with Gasteiger partial charge in [0.1, 0.15) is 0 Å². The fourth-order valence-electron chi connectivity index (χ4n) is 4.41. The molecule has 2 aliphatic carbocycles. The second kappa shape index (κ2) is 5.35. The van der Waals surface area contributed by atoms with Crippen LogP contribution in [0.1, 0.15) is 72.2 Å². The molecule has 0 aliphatic heterocycles. The zero-order chi connectivity index (χ0) is 16.1. The monoisotopic (exact) mass is 303 g/mol. The standard InChI is InChI=1S/C19H33N3/c1-18(2,3)11-15-13-7-9-16-17(10-8-14(13)15)22(21-20-16)12-19(4,5)6/h13-15H,7-12H2,1-6H3/t13-,14+,15-/m1/s1. The lowest BCUT2D eigenvalue weighted by atomic mass is 9.88. The van der Waals surface area contributed by atoms with E-state index in [0.29, 0.717) is 5.41 Å². The van der Waals surface area contributed by atoms with Crippen LogP contribution in [0.15, 0.2) is 0 Å². The summed E-state index contributed by atoms with van der Waals surface area (Å²) in [6, 6.07) is 0. The van der Waals surface area contributed by atoms with E-state index < -0.39 is 0 Å². The maximum absolute atomic E-state index is 4.51. The normalized spacial score (nSPS) is 28.5. The number of hydrogen-bond acceptors (Lipinski definition) is 2. The minimum absolute atomic E-state index is 0.265. The Bertz CT molecular complexity index is 530. The average Bonchev–Trinajstić information content (AvgIpc) is 2.78. The highest BCUT2D eigenvalue weighted by Gasteiger charge is 2.50. The van der Waals surface area contributed by atoms with Crippen molar-refractivity contribution in [2.24, 2.45) is 28.6 Å². The Morgan fingerprint density at radius 2 is 1.59 bits per heavy atom. The molecule has 0 N–H and O–H groups in total. The van der Waals surface area contributed by atoms with Crippen LogP contribution in [0.5, 0.6) is 0 Å². The molecule has 3 atom stereocenters. The maximum atomic E-state index is 4.51. The highest BCUT2D eigenvalue weighted by molar-refractivity contribution is 5.15. The molecule has 0 aromatic carbocycles. The van der Waals surface area contributed by atoms with Crippen LogP contribution in [0.4, 0.5) is 0 Å². The number of fused-ring (bicyclic) bond motifs is 2. The van der Waals surface area contributed by atoms with E-state index in [-0.39, 0.29) is 5.41 Å². The Labute approximate surface area is 135 Å². The van der Waals surface area contributed by atoms with Crippen molar-refractivity contribution in [3.05, 3.63) is 11.4 Å². The van der Waals surface area contributed by atoms with Gasteiger partial charge in [0.15, 0.2) is 0 Å². The van der Waals surface area contributed by atoms with Crippen LogP contribution in [0.2, 0.25) is 0 Å². The van der Waals surface area contributed by atoms with Crippen molar-refractivity contribution in [3.63, 3.8) is 0 Å². The van der Waals surface area contributed by atoms with Crippen LogP contribution in [0, 0.1) is 28.6 Å². The summed E-state index contributed by atoms with van der Waals surface area (Å²) in [5.41, 5.74) is 3.44. The van der Waals surface area contributed by atoms with Crippen LogP contribution < -0.4 is 0 Å². The molecule has 0 saturated heterocycles. The molecule has 3 rings (SSSR count). The van der Waals surface area contributed by atoms with E-state index in [9.17, 15) is 0 Å². The summed E-state index contributed by atoms with van der Waals surface area (Å²) in [5.74, 6) is 2.89. The first kappa shape index (κ1) is 16.0. The quantitative estimate of drug-likeness (QED) is 0.805. The summed E-state index contributed by atoms with van der Waals surface area (Å²) in [6.07, 6.45) is 6.38. The van der Waals surface area contributed by atoms with Crippen molar-refractivity contribution in [2.75, 3.05) is 0 Å². The van der Waals surface area contributed by atoms with E-state index >= 15 is 0 Å². The van der Waals surface area contributed by atoms with E-state index in [4.69, 9.17) is 0 Å². The van der Waals surface area contributed by atoms with E-state index in [2.05, 4.69) is 56.5 Å². The molecule has 1 saturated carbocycles. The second-order valence-electron chi connectivity index (χ2n) is 10.0. The molecule has 2 aliphatic rings. The molecule has 1 aromatic heterocycles. The molecule has 3 heteroatoms. The predicted molar refractivity (Wildman–Crippen MR) is 90.7 cm³/mol. The van der Waals surface area contributed by atoms with Gasteiger partial charge in [-0.15, -0.1) is 5.10 Å². The maximum Gasteiger partial charge on any atom is 0.0859 e. The second-order valence-corrected chi connectivity index (χ2v) is 10.0. The van der Waals surface area contributed by atoms with Gasteiger partial charge >= 0.3 is 0 Å². The molecule has 1 aromatic rings. The van der Waals surface area contributed by atoms with Crippen LogP contribution in [-0.2, 0) is 19.4 Å². The zero-order valence-corrected chi connectivity index (χ0v) is 15.3. The van der Waals surface area contributed by atoms with Gasteiger partial charge in [-0.05, 0) is 60.7 Å². The smallest absolute Gasteiger partial charge is 0.0859 e. The van der Waals surface area contributed by atoms with E-state index in [0.717, 1.165) is 30.7 Å². The van der Waals surface area contributed by atoms with Gasteiger partial charge in [0.25, 0.3) is 0 Å². The molecule has 0 bridgehead atoms. The number of rotatable bonds is 2. The average molecular weight is 303 g/mol. The summed E-state index contributed by atoms with van der Waals surface area (Å²) in [4.78, 5) is 0.